The van der Waals surface area contributed by atoms with Crippen molar-refractivity contribution in [2.24, 2.45) is 7.05 Å². The third kappa shape index (κ3) is 2.17. The van der Waals surface area contributed by atoms with Crippen LogP contribution in [0.2, 0.25) is 0 Å². The number of furan rings is 1. The van der Waals surface area contributed by atoms with Crippen molar-refractivity contribution in [3.8, 4) is 0 Å². The summed E-state index contributed by atoms with van der Waals surface area (Å²) in [6, 6.07) is 4.20. The fraction of sp³-hybridized carbons (Fsp3) is 0.417. The van der Waals surface area contributed by atoms with E-state index in [1.165, 1.54) is 5.56 Å². The zero-order valence-corrected chi connectivity index (χ0v) is 9.90. The van der Waals surface area contributed by atoms with E-state index >= 15 is 0 Å². The van der Waals surface area contributed by atoms with Crippen molar-refractivity contribution in [3.05, 3.63) is 41.6 Å². The predicted octanol–water partition coefficient (Wildman–Crippen LogP) is 1.82. The van der Waals surface area contributed by atoms with Crippen LogP contribution in [0.4, 0.5) is 0 Å². The molecule has 0 radical (unpaired) electrons. The monoisotopic (exact) mass is 219 g/mol. The van der Waals surface area contributed by atoms with Crippen LogP contribution in [-0.4, -0.2) is 16.8 Å². The van der Waals surface area contributed by atoms with Gasteiger partial charge >= 0.3 is 0 Å². The lowest BCUT2D eigenvalue weighted by Gasteiger charge is -2.13. The third-order valence-electron chi connectivity index (χ3n) is 2.75. The van der Waals surface area contributed by atoms with Crippen LogP contribution in [-0.2, 0) is 13.5 Å². The number of hydrogen-bond donors (Lipinski definition) is 1. The normalized spacial score (nSPS) is 12.9. The molecule has 1 unspecified atom stereocenters. The second-order valence-electron chi connectivity index (χ2n) is 3.99. The van der Waals surface area contributed by atoms with Crippen molar-refractivity contribution in [2.45, 2.75) is 19.4 Å². The minimum Gasteiger partial charge on any atom is -0.467 e. The van der Waals surface area contributed by atoms with E-state index in [1.807, 2.05) is 37.1 Å². The van der Waals surface area contributed by atoms with Crippen molar-refractivity contribution >= 4 is 0 Å². The van der Waals surface area contributed by atoms with E-state index in [9.17, 15) is 0 Å². The topological polar surface area (TPSA) is 43.0 Å². The minimum atomic E-state index is 0.185. The molecule has 0 aliphatic rings. The largest absolute Gasteiger partial charge is 0.467 e. The van der Waals surface area contributed by atoms with Crippen molar-refractivity contribution in [2.75, 3.05) is 7.05 Å². The molecule has 2 aromatic rings. The van der Waals surface area contributed by atoms with E-state index in [0.717, 1.165) is 17.9 Å². The van der Waals surface area contributed by atoms with Crippen molar-refractivity contribution in [1.29, 1.82) is 0 Å². The first-order valence-electron chi connectivity index (χ1n) is 5.40. The van der Waals surface area contributed by atoms with Gasteiger partial charge in [-0.3, -0.25) is 4.68 Å². The summed E-state index contributed by atoms with van der Waals surface area (Å²) >= 11 is 0. The van der Waals surface area contributed by atoms with E-state index in [-0.39, 0.29) is 6.04 Å². The standard InChI is InChI=1S/C12H17N3O/c1-9-5-7-16-12(9)11(13-2)8-10-4-6-15(3)14-10/h4-7,11,13H,8H2,1-3H3. The summed E-state index contributed by atoms with van der Waals surface area (Å²) in [6.45, 7) is 2.06. The second-order valence-corrected chi connectivity index (χ2v) is 3.99. The molecule has 4 heteroatoms. The molecule has 0 saturated carbocycles. The molecule has 0 saturated heterocycles. The Labute approximate surface area is 95.3 Å². The molecule has 1 N–H and O–H groups in total. The maximum absolute atomic E-state index is 5.50. The van der Waals surface area contributed by atoms with Crippen LogP contribution in [0.25, 0.3) is 0 Å². The molecule has 0 bridgehead atoms. The molecule has 0 aliphatic carbocycles. The Hall–Kier alpha value is -1.55. The fourth-order valence-electron chi connectivity index (χ4n) is 1.85. The van der Waals surface area contributed by atoms with E-state index in [1.54, 1.807) is 6.26 Å². The van der Waals surface area contributed by atoms with E-state index in [4.69, 9.17) is 4.42 Å². The van der Waals surface area contributed by atoms with Crippen LogP contribution in [0.15, 0.2) is 29.0 Å². The van der Waals surface area contributed by atoms with Gasteiger partial charge in [0.1, 0.15) is 5.76 Å². The highest BCUT2D eigenvalue weighted by molar-refractivity contribution is 5.20. The highest BCUT2D eigenvalue weighted by Crippen LogP contribution is 2.21. The van der Waals surface area contributed by atoms with Gasteiger partial charge in [-0.1, -0.05) is 0 Å². The molecular weight excluding hydrogens is 202 g/mol. The minimum absolute atomic E-state index is 0.185. The molecule has 0 aliphatic heterocycles. The van der Waals surface area contributed by atoms with Gasteiger partial charge < -0.3 is 9.73 Å². The third-order valence-corrected chi connectivity index (χ3v) is 2.75. The number of rotatable bonds is 4. The lowest BCUT2D eigenvalue weighted by atomic mass is 10.1. The van der Waals surface area contributed by atoms with Crippen LogP contribution < -0.4 is 5.32 Å². The van der Waals surface area contributed by atoms with E-state index < -0.39 is 0 Å². The lowest BCUT2D eigenvalue weighted by molar-refractivity contribution is 0.423. The Bertz CT molecular complexity index is 458. The Morgan fingerprint density at radius 1 is 1.50 bits per heavy atom. The average Bonchev–Trinajstić information content (AvgIpc) is 2.84. The Morgan fingerprint density at radius 3 is 2.81 bits per heavy atom. The Morgan fingerprint density at radius 2 is 2.31 bits per heavy atom. The number of likely N-dealkylation sites (N-methyl/N-ethyl adjacent to an activating group) is 1. The summed E-state index contributed by atoms with van der Waals surface area (Å²) in [5.74, 6) is 0.994. The summed E-state index contributed by atoms with van der Waals surface area (Å²) in [6.07, 6.45) is 4.52. The fourth-order valence-corrected chi connectivity index (χ4v) is 1.85. The molecule has 0 spiro atoms. The molecule has 2 aromatic heterocycles. The number of hydrogen-bond acceptors (Lipinski definition) is 3. The van der Waals surface area contributed by atoms with Gasteiger partial charge in [-0.2, -0.15) is 5.10 Å². The number of aryl methyl sites for hydroxylation is 2. The zero-order valence-electron chi connectivity index (χ0n) is 9.90. The molecule has 4 nitrogen and oxygen atoms in total. The molecule has 0 aromatic carbocycles. The van der Waals surface area contributed by atoms with Crippen LogP contribution in [0.1, 0.15) is 23.1 Å². The summed E-state index contributed by atoms with van der Waals surface area (Å²) in [4.78, 5) is 0. The van der Waals surface area contributed by atoms with Gasteiger partial charge in [0.25, 0.3) is 0 Å². The maximum atomic E-state index is 5.50. The van der Waals surface area contributed by atoms with Gasteiger partial charge in [-0.25, -0.2) is 0 Å². The van der Waals surface area contributed by atoms with Crippen molar-refractivity contribution < 1.29 is 4.42 Å². The lowest BCUT2D eigenvalue weighted by Crippen LogP contribution is -2.19. The summed E-state index contributed by atoms with van der Waals surface area (Å²) < 4.78 is 7.32. The first-order valence-corrected chi connectivity index (χ1v) is 5.40. The van der Waals surface area contributed by atoms with Crippen LogP contribution in [0.3, 0.4) is 0 Å². The molecular formula is C12H17N3O. The molecule has 2 rings (SSSR count). The van der Waals surface area contributed by atoms with Gasteiger partial charge in [0.2, 0.25) is 0 Å². The maximum Gasteiger partial charge on any atom is 0.123 e. The first-order chi connectivity index (χ1) is 7.70. The number of aromatic nitrogens is 2. The molecule has 16 heavy (non-hydrogen) atoms. The Balaban J connectivity index is 2.15. The van der Waals surface area contributed by atoms with Gasteiger partial charge in [-0.05, 0) is 31.7 Å². The summed E-state index contributed by atoms with van der Waals surface area (Å²) in [5, 5.41) is 7.63. The number of nitrogens with zero attached hydrogens (tertiary/aromatic N) is 2. The van der Waals surface area contributed by atoms with Gasteiger partial charge in [0.05, 0.1) is 18.0 Å². The van der Waals surface area contributed by atoms with E-state index in [2.05, 4.69) is 17.3 Å². The predicted molar refractivity (Wildman–Crippen MR) is 62.2 cm³/mol. The summed E-state index contributed by atoms with van der Waals surface area (Å²) in [5.41, 5.74) is 2.24. The van der Waals surface area contributed by atoms with Crippen LogP contribution in [0.5, 0.6) is 0 Å². The second kappa shape index (κ2) is 4.53. The molecule has 1 atom stereocenters. The summed E-state index contributed by atoms with van der Waals surface area (Å²) in [7, 11) is 3.87. The van der Waals surface area contributed by atoms with Crippen molar-refractivity contribution in [1.82, 2.24) is 15.1 Å². The average molecular weight is 219 g/mol. The SMILES string of the molecule is CNC(Cc1ccn(C)n1)c1occc1C. The first kappa shape index (κ1) is 11.0. The molecule has 2 heterocycles. The van der Waals surface area contributed by atoms with Gasteiger partial charge in [0, 0.05) is 19.7 Å². The van der Waals surface area contributed by atoms with Crippen LogP contribution in [0, 0.1) is 6.92 Å². The Kier molecular flexibility index (Phi) is 3.10. The smallest absolute Gasteiger partial charge is 0.123 e. The van der Waals surface area contributed by atoms with Crippen molar-refractivity contribution in [3.63, 3.8) is 0 Å². The highest BCUT2D eigenvalue weighted by Gasteiger charge is 2.16. The van der Waals surface area contributed by atoms with Crippen LogP contribution >= 0.6 is 0 Å². The van der Waals surface area contributed by atoms with Gasteiger partial charge in [0.15, 0.2) is 0 Å². The zero-order chi connectivity index (χ0) is 11.5. The molecule has 0 fully saturated rings. The quantitative estimate of drug-likeness (QED) is 0.853. The van der Waals surface area contributed by atoms with E-state index in [0.29, 0.717) is 0 Å². The highest BCUT2D eigenvalue weighted by atomic mass is 16.3. The molecule has 86 valence electrons. The molecule has 0 amide bonds. The number of nitrogens with one attached hydrogen (secondary N) is 1. The van der Waals surface area contributed by atoms with Gasteiger partial charge in [-0.15, -0.1) is 0 Å².